The van der Waals surface area contributed by atoms with Gasteiger partial charge in [0.05, 0.1) is 12.8 Å². The van der Waals surface area contributed by atoms with Crippen LogP contribution in [0, 0.1) is 5.41 Å². The summed E-state index contributed by atoms with van der Waals surface area (Å²) in [6.07, 6.45) is 3.95. The summed E-state index contributed by atoms with van der Waals surface area (Å²) in [6.45, 7) is 0.548. The number of hydrogen-bond acceptors (Lipinski definition) is 8. The molecular formula is C18H17BrN8. The maximum Gasteiger partial charge on any atom is 0.232 e. The van der Waals surface area contributed by atoms with Crippen molar-refractivity contribution < 1.29 is 0 Å². The van der Waals surface area contributed by atoms with Gasteiger partial charge in [-0.05, 0) is 35.9 Å². The lowest BCUT2D eigenvalue weighted by atomic mass is 10.2. The van der Waals surface area contributed by atoms with Crippen LogP contribution in [0.5, 0.6) is 0 Å². The molecule has 0 atom stereocenters. The first-order valence-corrected chi connectivity index (χ1v) is 8.85. The molecule has 0 aliphatic heterocycles. The van der Waals surface area contributed by atoms with Crippen molar-refractivity contribution in [1.29, 1.82) is 5.41 Å². The minimum absolute atomic E-state index is 0.439. The molecule has 0 saturated heterocycles. The van der Waals surface area contributed by atoms with E-state index in [-0.39, 0.29) is 0 Å². The van der Waals surface area contributed by atoms with Crippen molar-refractivity contribution in [2.24, 2.45) is 5.10 Å². The Morgan fingerprint density at radius 2 is 1.70 bits per heavy atom. The van der Waals surface area contributed by atoms with Gasteiger partial charge in [-0.1, -0.05) is 34.1 Å². The highest BCUT2D eigenvalue weighted by atomic mass is 79.9. The van der Waals surface area contributed by atoms with E-state index < -0.39 is 0 Å². The first-order chi connectivity index (χ1) is 13.2. The second-order valence-corrected chi connectivity index (χ2v) is 6.29. The largest absolute Gasteiger partial charge is 0.324 e. The molecule has 0 saturated carbocycles. The maximum absolute atomic E-state index is 6.89. The van der Waals surface area contributed by atoms with E-state index >= 15 is 0 Å². The molecule has 136 valence electrons. The van der Waals surface area contributed by atoms with Crippen LogP contribution < -0.4 is 16.1 Å². The predicted octanol–water partition coefficient (Wildman–Crippen LogP) is 3.85. The quantitative estimate of drug-likeness (QED) is 0.322. The lowest BCUT2D eigenvalue weighted by molar-refractivity contribution is 0.749. The van der Waals surface area contributed by atoms with Crippen molar-refractivity contribution in [3.05, 3.63) is 64.9 Å². The smallest absolute Gasteiger partial charge is 0.232 e. The van der Waals surface area contributed by atoms with Crippen molar-refractivity contribution in [2.45, 2.75) is 6.54 Å². The van der Waals surface area contributed by atoms with Gasteiger partial charge in [-0.3, -0.25) is 0 Å². The third-order valence-electron chi connectivity index (χ3n) is 3.36. The van der Waals surface area contributed by atoms with Crippen LogP contribution in [0.4, 0.5) is 23.3 Å². The van der Waals surface area contributed by atoms with E-state index in [1.807, 2.05) is 48.5 Å². The fraction of sp³-hybridized carbons (Fsp3) is 0.0556. The minimum atomic E-state index is 0.439. The molecule has 0 bridgehead atoms. The van der Waals surface area contributed by atoms with E-state index in [4.69, 9.17) is 5.41 Å². The molecule has 8 nitrogen and oxygen atoms in total. The highest BCUT2D eigenvalue weighted by Gasteiger charge is 2.03. The fourth-order valence-corrected chi connectivity index (χ4v) is 2.63. The Bertz CT molecular complexity index is 944. The average molecular weight is 425 g/mol. The number of anilines is 4. The third-order valence-corrected chi connectivity index (χ3v) is 3.85. The fourth-order valence-electron chi connectivity index (χ4n) is 2.23. The van der Waals surface area contributed by atoms with Crippen molar-refractivity contribution in [2.75, 3.05) is 10.6 Å². The summed E-state index contributed by atoms with van der Waals surface area (Å²) < 4.78 is 0.968. The van der Waals surface area contributed by atoms with E-state index in [1.54, 1.807) is 0 Å². The van der Waals surface area contributed by atoms with Gasteiger partial charge in [0.25, 0.3) is 0 Å². The molecule has 3 rings (SSSR count). The van der Waals surface area contributed by atoms with Gasteiger partial charge < -0.3 is 21.5 Å². The van der Waals surface area contributed by atoms with Crippen LogP contribution in [0.1, 0.15) is 5.56 Å². The van der Waals surface area contributed by atoms with Gasteiger partial charge in [-0.2, -0.15) is 10.1 Å². The van der Waals surface area contributed by atoms with Gasteiger partial charge >= 0.3 is 0 Å². The van der Waals surface area contributed by atoms with Crippen LogP contribution in [0.2, 0.25) is 0 Å². The molecule has 27 heavy (non-hydrogen) atoms. The molecule has 0 radical (unpaired) electrons. The van der Waals surface area contributed by atoms with Gasteiger partial charge in [0.15, 0.2) is 0 Å². The van der Waals surface area contributed by atoms with Crippen LogP contribution in [0.25, 0.3) is 0 Å². The molecule has 9 heteroatoms. The number of hydrazone groups is 1. The van der Waals surface area contributed by atoms with Crippen molar-refractivity contribution in [3.63, 3.8) is 0 Å². The summed E-state index contributed by atoms with van der Waals surface area (Å²) in [4.78, 5) is 12.7. The minimum Gasteiger partial charge on any atom is -0.324 e. The lowest BCUT2D eigenvalue weighted by Gasteiger charge is -2.09. The molecule has 0 unspecified atom stereocenters. The zero-order valence-electron chi connectivity index (χ0n) is 14.2. The highest BCUT2D eigenvalue weighted by molar-refractivity contribution is 9.10. The third kappa shape index (κ3) is 5.86. The average Bonchev–Trinajstić information content (AvgIpc) is 2.66. The predicted molar refractivity (Wildman–Crippen MR) is 111 cm³/mol. The number of hydrogen-bond donors (Lipinski definition) is 4. The number of halogens is 1. The summed E-state index contributed by atoms with van der Waals surface area (Å²) in [6, 6.07) is 15.6. The molecule has 0 amide bonds. The Balaban J connectivity index is 1.67. The summed E-state index contributed by atoms with van der Waals surface area (Å²) in [7, 11) is 0. The summed E-state index contributed by atoms with van der Waals surface area (Å²) >= 11 is 3.44. The molecule has 1 aromatic heterocycles. The molecule has 0 spiro atoms. The van der Waals surface area contributed by atoms with Crippen molar-refractivity contribution in [1.82, 2.24) is 20.4 Å². The first kappa shape index (κ1) is 18.5. The molecule has 0 fully saturated rings. The number of nitrogens with zero attached hydrogens (tertiary/aromatic N) is 4. The number of nitrogens with one attached hydrogen (secondary N) is 4. The molecule has 0 aliphatic rings. The van der Waals surface area contributed by atoms with E-state index in [0.717, 1.165) is 27.6 Å². The van der Waals surface area contributed by atoms with Crippen LogP contribution in [-0.4, -0.2) is 27.4 Å². The molecule has 3 aromatic rings. The normalized spacial score (nSPS) is 10.6. The number of rotatable bonds is 8. The molecule has 0 aliphatic carbocycles. The lowest BCUT2D eigenvalue weighted by Crippen LogP contribution is -2.06. The molecule has 2 aromatic carbocycles. The summed E-state index contributed by atoms with van der Waals surface area (Å²) in [5.41, 5.74) is 5.63. The van der Waals surface area contributed by atoms with E-state index in [0.29, 0.717) is 18.4 Å². The Kier molecular flexibility index (Phi) is 6.42. The first-order valence-electron chi connectivity index (χ1n) is 8.05. The number of aromatic nitrogens is 3. The Morgan fingerprint density at radius 1 is 1.00 bits per heavy atom. The zero-order chi connectivity index (χ0) is 18.9. The van der Waals surface area contributed by atoms with Crippen molar-refractivity contribution >= 4 is 51.6 Å². The topological polar surface area (TPSA) is 111 Å². The highest BCUT2D eigenvalue weighted by Crippen LogP contribution is 2.19. The molecular weight excluding hydrogens is 408 g/mol. The van der Waals surface area contributed by atoms with Gasteiger partial charge in [0, 0.05) is 22.1 Å². The van der Waals surface area contributed by atoms with Crippen LogP contribution in [-0.2, 0) is 6.54 Å². The van der Waals surface area contributed by atoms with E-state index in [2.05, 4.69) is 52.0 Å². The van der Waals surface area contributed by atoms with E-state index in [1.165, 1.54) is 12.5 Å². The number of benzene rings is 2. The van der Waals surface area contributed by atoms with Gasteiger partial charge in [0.1, 0.15) is 6.33 Å². The Hall–Kier alpha value is -3.33. The summed E-state index contributed by atoms with van der Waals surface area (Å²) in [5.74, 6) is 0.888. The van der Waals surface area contributed by atoms with Gasteiger partial charge in [-0.25, -0.2) is 9.97 Å². The second kappa shape index (κ2) is 9.39. The van der Waals surface area contributed by atoms with Gasteiger partial charge in [0.2, 0.25) is 11.9 Å². The van der Waals surface area contributed by atoms with E-state index in [9.17, 15) is 0 Å². The van der Waals surface area contributed by atoms with Crippen LogP contribution in [0.15, 0.2) is 64.4 Å². The maximum atomic E-state index is 6.89. The second-order valence-electron chi connectivity index (χ2n) is 5.37. The van der Waals surface area contributed by atoms with Gasteiger partial charge in [-0.15, -0.1) is 0 Å². The Morgan fingerprint density at radius 3 is 2.41 bits per heavy atom. The standard InChI is InChI=1S/C18H17BrN8/c19-14-4-2-6-16(10-14)26-18-22-12-21-17(27-18)25-15-5-1-3-13(9-15)11-24-23-8-7-20/h1-10,12,20,24H,11H2,(H2,21,22,25,26,27)/b20-7?,23-8-. The molecule has 1 heterocycles. The summed E-state index contributed by atoms with van der Waals surface area (Å²) in [5, 5.41) is 17.1. The Labute approximate surface area is 164 Å². The monoisotopic (exact) mass is 424 g/mol. The zero-order valence-corrected chi connectivity index (χ0v) is 15.8. The van der Waals surface area contributed by atoms with Crippen LogP contribution >= 0.6 is 15.9 Å². The van der Waals surface area contributed by atoms with Crippen molar-refractivity contribution in [3.8, 4) is 0 Å². The van der Waals surface area contributed by atoms with Crippen LogP contribution in [0.3, 0.4) is 0 Å². The molecule has 4 N–H and O–H groups in total. The SMILES string of the molecule is N=C/C=N\NCc1cccc(Nc2ncnc(Nc3cccc(Br)c3)n2)c1.